The number of carboxylic acids is 1. The molecule has 2 aromatic carbocycles. The molecule has 2 aromatic heterocycles. The van der Waals surface area contributed by atoms with Crippen LogP contribution in [0.1, 0.15) is 41.0 Å². The number of nitrogens with one attached hydrogen (secondary N) is 1. The van der Waals surface area contributed by atoms with Crippen LogP contribution in [0.3, 0.4) is 0 Å². The van der Waals surface area contributed by atoms with Gasteiger partial charge in [0.1, 0.15) is 23.2 Å². The van der Waals surface area contributed by atoms with Gasteiger partial charge in [0.2, 0.25) is 0 Å². The summed E-state index contributed by atoms with van der Waals surface area (Å²) < 4.78 is 79.4. The summed E-state index contributed by atoms with van der Waals surface area (Å²) >= 11 is 0. The highest BCUT2D eigenvalue weighted by atomic mass is 19.4. The van der Waals surface area contributed by atoms with Crippen molar-refractivity contribution >= 4 is 28.5 Å². The van der Waals surface area contributed by atoms with E-state index in [-0.39, 0.29) is 45.6 Å². The third-order valence-electron chi connectivity index (χ3n) is 8.33. The van der Waals surface area contributed by atoms with Gasteiger partial charge in [-0.2, -0.15) is 13.2 Å². The lowest BCUT2D eigenvalue weighted by Gasteiger charge is -2.38. The smallest absolute Gasteiger partial charge is 0.417 e. The molecule has 2 N–H and O–H groups in total. The third-order valence-corrected chi connectivity index (χ3v) is 8.33. The summed E-state index contributed by atoms with van der Waals surface area (Å²) in [6.07, 6.45) is -4.17. The van der Waals surface area contributed by atoms with Crippen LogP contribution < -0.4 is 15.8 Å². The van der Waals surface area contributed by atoms with Gasteiger partial charge < -0.3 is 24.6 Å². The molecule has 1 amide bonds. The number of carbonyl (C=O) groups is 2. The van der Waals surface area contributed by atoms with Crippen molar-refractivity contribution in [2.24, 2.45) is 7.05 Å². The third kappa shape index (κ3) is 6.55. The summed E-state index contributed by atoms with van der Waals surface area (Å²) in [6.45, 7) is 5.71. The number of fused-ring (bicyclic) bond motifs is 1. The van der Waals surface area contributed by atoms with Gasteiger partial charge in [-0.1, -0.05) is 18.2 Å². The van der Waals surface area contributed by atoms with Gasteiger partial charge in [-0.3, -0.25) is 14.6 Å². The Morgan fingerprint density at radius 2 is 1.81 bits per heavy atom. The highest BCUT2D eigenvalue weighted by Gasteiger charge is 2.37. The minimum Gasteiger partial charge on any atom is -0.480 e. The first kappa shape index (κ1) is 33.5. The Morgan fingerprint density at radius 3 is 2.45 bits per heavy atom. The number of alkyl halides is 3. The van der Waals surface area contributed by atoms with E-state index in [4.69, 9.17) is 4.74 Å². The molecule has 248 valence electrons. The Kier molecular flexibility index (Phi) is 9.09. The van der Waals surface area contributed by atoms with E-state index in [1.165, 1.54) is 44.4 Å². The summed E-state index contributed by atoms with van der Waals surface area (Å²) in [5.74, 6) is -5.21. The molecule has 1 aliphatic rings. The van der Waals surface area contributed by atoms with Crippen molar-refractivity contribution in [1.82, 2.24) is 14.9 Å². The van der Waals surface area contributed by atoms with E-state index in [2.05, 4.69) is 10.3 Å². The molecule has 0 unspecified atom stereocenters. The molecule has 47 heavy (non-hydrogen) atoms. The van der Waals surface area contributed by atoms with E-state index >= 15 is 8.78 Å². The van der Waals surface area contributed by atoms with Crippen molar-refractivity contribution in [1.29, 1.82) is 0 Å². The monoisotopic (exact) mass is 658 g/mol. The second-order valence-electron chi connectivity index (χ2n) is 11.6. The average molecular weight is 659 g/mol. The normalized spacial score (nSPS) is 17.5. The number of hydrogen-bond acceptors (Lipinski definition) is 6. The van der Waals surface area contributed by atoms with Gasteiger partial charge in [0.15, 0.2) is 0 Å². The molecule has 0 radical (unpaired) electrons. The summed E-state index contributed by atoms with van der Waals surface area (Å²) in [7, 11) is 1.34. The lowest BCUT2D eigenvalue weighted by atomic mass is 9.93. The SMILES string of the molecule is Cc1cc(C(F)(F)F)c(-c2ccc(C[C@H](NC(=O)c3c(F)cc(N4C[C@H](C)OC[C@H]4C)cc3F)C(=O)O)c3cccnc23)c(=O)n1C. The number of carbonyl (C=O) groups excluding carboxylic acids is 1. The predicted molar refractivity (Wildman–Crippen MR) is 163 cm³/mol. The number of pyridine rings is 2. The number of halogens is 5. The molecule has 4 aromatic rings. The molecule has 0 aliphatic carbocycles. The highest BCUT2D eigenvalue weighted by Crippen LogP contribution is 2.38. The standard InChI is InChI=1S/C33H31F5N4O5/c1-16-10-23(33(36,37)38)27(31(44)41(16)4)22-8-7-19(21-6-5-9-39-29(21)22)11-26(32(45)46)40-30(43)28-24(34)12-20(13-25(28)35)42-14-18(3)47-15-17(42)2/h5-10,12-13,17-18,26H,11,14-15H2,1-4H3,(H,40,43)(H,45,46)/t17-,18+,26+/m1/s1. The maximum absolute atomic E-state index is 15.2. The summed E-state index contributed by atoms with van der Waals surface area (Å²) in [5, 5.41) is 12.3. The first-order valence-corrected chi connectivity index (χ1v) is 14.6. The summed E-state index contributed by atoms with van der Waals surface area (Å²) in [6, 6.07) is 6.51. The number of aromatic nitrogens is 2. The van der Waals surface area contributed by atoms with Crippen molar-refractivity contribution in [3.05, 3.63) is 93.0 Å². The van der Waals surface area contributed by atoms with Crippen LogP contribution in [0.2, 0.25) is 0 Å². The van der Waals surface area contributed by atoms with Gasteiger partial charge in [0.05, 0.1) is 29.4 Å². The van der Waals surface area contributed by atoms with E-state index < -0.39 is 64.4 Å². The number of ether oxygens (including phenoxy) is 1. The maximum atomic E-state index is 15.2. The zero-order valence-corrected chi connectivity index (χ0v) is 25.8. The molecule has 1 saturated heterocycles. The molecular weight excluding hydrogens is 627 g/mol. The molecule has 0 bridgehead atoms. The van der Waals surface area contributed by atoms with Crippen molar-refractivity contribution in [3.8, 4) is 11.1 Å². The molecule has 14 heteroatoms. The van der Waals surface area contributed by atoms with Crippen LogP contribution >= 0.6 is 0 Å². The van der Waals surface area contributed by atoms with Crippen LogP contribution in [0.25, 0.3) is 22.0 Å². The summed E-state index contributed by atoms with van der Waals surface area (Å²) in [5.41, 5.74) is -3.24. The minimum absolute atomic E-state index is 0.00810. The zero-order valence-electron chi connectivity index (χ0n) is 25.8. The molecular formula is C33H31F5N4O5. The Hall–Kier alpha value is -4.85. The molecule has 1 aliphatic heterocycles. The van der Waals surface area contributed by atoms with Gasteiger partial charge in [0, 0.05) is 54.6 Å². The second-order valence-corrected chi connectivity index (χ2v) is 11.6. The largest absolute Gasteiger partial charge is 0.480 e. The van der Waals surface area contributed by atoms with Crippen LogP contribution in [0, 0.1) is 18.6 Å². The number of anilines is 1. The van der Waals surface area contributed by atoms with E-state index in [0.717, 1.165) is 22.8 Å². The average Bonchev–Trinajstić information content (AvgIpc) is 3.00. The molecule has 3 atom stereocenters. The zero-order chi connectivity index (χ0) is 34.4. The number of rotatable bonds is 7. The molecule has 9 nitrogen and oxygen atoms in total. The van der Waals surface area contributed by atoms with Gasteiger partial charge in [0.25, 0.3) is 11.5 Å². The fourth-order valence-electron chi connectivity index (χ4n) is 5.77. The van der Waals surface area contributed by atoms with Crippen LogP contribution in [0.15, 0.2) is 53.5 Å². The number of nitrogens with zero attached hydrogens (tertiary/aromatic N) is 3. The number of carboxylic acid groups (broad SMARTS) is 1. The number of aryl methyl sites for hydroxylation is 1. The van der Waals surface area contributed by atoms with E-state index in [1.54, 1.807) is 4.90 Å². The van der Waals surface area contributed by atoms with E-state index in [1.807, 2.05) is 13.8 Å². The van der Waals surface area contributed by atoms with Gasteiger partial charge in [-0.15, -0.1) is 0 Å². The number of benzene rings is 2. The number of amides is 1. The fourth-order valence-corrected chi connectivity index (χ4v) is 5.77. The first-order chi connectivity index (χ1) is 22.1. The second kappa shape index (κ2) is 12.7. The predicted octanol–water partition coefficient (Wildman–Crippen LogP) is 5.25. The molecule has 0 spiro atoms. The Morgan fingerprint density at radius 1 is 1.13 bits per heavy atom. The Balaban J connectivity index is 1.49. The number of hydrogen-bond donors (Lipinski definition) is 2. The van der Waals surface area contributed by atoms with Crippen LogP contribution in [-0.4, -0.2) is 57.9 Å². The van der Waals surface area contributed by atoms with Crippen molar-refractivity contribution in [3.63, 3.8) is 0 Å². The quantitative estimate of drug-likeness (QED) is 0.261. The molecule has 0 saturated carbocycles. The van der Waals surface area contributed by atoms with Crippen LogP contribution in [-0.2, 0) is 29.2 Å². The Bertz CT molecular complexity index is 1920. The van der Waals surface area contributed by atoms with Crippen molar-refractivity contribution in [2.45, 2.75) is 51.6 Å². The van der Waals surface area contributed by atoms with E-state index in [9.17, 15) is 32.7 Å². The molecule has 1 fully saturated rings. The van der Waals surface area contributed by atoms with Crippen molar-refractivity contribution < 1.29 is 41.4 Å². The minimum atomic E-state index is -4.87. The maximum Gasteiger partial charge on any atom is 0.417 e. The van der Waals surface area contributed by atoms with Gasteiger partial charge in [-0.25, -0.2) is 13.6 Å². The van der Waals surface area contributed by atoms with Gasteiger partial charge >= 0.3 is 12.1 Å². The van der Waals surface area contributed by atoms with Crippen LogP contribution in [0.5, 0.6) is 0 Å². The fraction of sp³-hybridized carbons (Fsp3) is 0.333. The first-order valence-electron chi connectivity index (χ1n) is 14.6. The lowest BCUT2D eigenvalue weighted by molar-refractivity contribution is -0.139. The van der Waals surface area contributed by atoms with Crippen molar-refractivity contribution in [2.75, 3.05) is 18.1 Å². The highest BCUT2D eigenvalue weighted by molar-refractivity contribution is 5.99. The summed E-state index contributed by atoms with van der Waals surface area (Å²) in [4.78, 5) is 44.4. The number of morpholine rings is 1. The number of aliphatic carboxylic acids is 1. The van der Waals surface area contributed by atoms with Gasteiger partial charge in [-0.05, 0) is 50.6 Å². The molecule has 3 heterocycles. The molecule has 5 rings (SSSR count). The lowest BCUT2D eigenvalue weighted by Crippen LogP contribution is -2.47. The van der Waals surface area contributed by atoms with E-state index in [0.29, 0.717) is 13.2 Å². The Labute approximate surface area is 265 Å². The topological polar surface area (TPSA) is 114 Å². The van der Waals surface area contributed by atoms with Crippen LogP contribution in [0.4, 0.5) is 27.6 Å².